The molecule has 1 aliphatic rings. The largest absolute Gasteiger partial charge is 0.478 e. The summed E-state index contributed by atoms with van der Waals surface area (Å²) in [6.07, 6.45) is 2.11. The number of aromatic nitrogens is 1. The van der Waals surface area contributed by atoms with Gasteiger partial charge in [-0.2, -0.15) is 0 Å². The van der Waals surface area contributed by atoms with Gasteiger partial charge in [0.25, 0.3) is 5.91 Å². The molecule has 6 heteroatoms. The van der Waals surface area contributed by atoms with Crippen LogP contribution in [0.3, 0.4) is 0 Å². The summed E-state index contributed by atoms with van der Waals surface area (Å²) >= 11 is 5.88. The average Bonchev–Trinajstić information content (AvgIpc) is 2.89. The molecule has 0 atom stereocenters. The number of hydrogen-bond acceptors (Lipinski definition) is 3. The van der Waals surface area contributed by atoms with E-state index in [4.69, 9.17) is 16.7 Å². The van der Waals surface area contributed by atoms with E-state index < -0.39 is 5.97 Å². The average molecular weight is 303 g/mol. The molecule has 1 N–H and O–H groups in total. The predicted octanol–water partition coefficient (Wildman–Crippen LogP) is 2.64. The van der Waals surface area contributed by atoms with Crippen LogP contribution in [0.25, 0.3) is 0 Å². The summed E-state index contributed by atoms with van der Waals surface area (Å²) in [5, 5.41) is 9.45. The van der Waals surface area contributed by atoms with E-state index in [-0.39, 0.29) is 17.2 Å². The van der Waals surface area contributed by atoms with Crippen LogP contribution in [0.15, 0.2) is 36.5 Å². The fourth-order valence-electron chi connectivity index (χ4n) is 2.41. The number of aromatic carboxylic acids is 1. The van der Waals surface area contributed by atoms with E-state index in [9.17, 15) is 9.59 Å². The van der Waals surface area contributed by atoms with Gasteiger partial charge in [-0.15, -0.1) is 0 Å². The molecule has 5 nitrogen and oxygen atoms in total. The van der Waals surface area contributed by atoms with E-state index in [0.717, 1.165) is 11.3 Å². The van der Waals surface area contributed by atoms with E-state index in [1.807, 2.05) is 0 Å². The number of rotatable bonds is 2. The summed E-state index contributed by atoms with van der Waals surface area (Å²) in [7, 11) is 0. The number of fused-ring (bicyclic) bond motifs is 1. The van der Waals surface area contributed by atoms with Crippen molar-refractivity contribution in [3.8, 4) is 0 Å². The zero-order chi connectivity index (χ0) is 15.0. The van der Waals surface area contributed by atoms with Gasteiger partial charge in [-0.3, -0.25) is 9.78 Å². The Bertz CT molecular complexity index is 745. The molecular weight excluding hydrogens is 292 g/mol. The van der Waals surface area contributed by atoms with Gasteiger partial charge >= 0.3 is 5.97 Å². The fourth-order valence-corrected chi connectivity index (χ4v) is 2.57. The highest BCUT2D eigenvalue weighted by molar-refractivity contribution is 6.31. The lowest BCUT2D eigenvalue weighted by Crippen LogP contribution is -2.29. The lowest BCUT2D eigenvalue weighted by Gasteiger charge is -2.17. The van der Waals surface area contributed by atoms with E-state index in [1.54, 1.807) is 23.1 Å². The first-order valence-electron chi connectivity index (χ1n) is 6.36. The fraction of sp³-hybridized carbons (Fsp3) is 0.133. The zero-order valence-electron chi connectivity index (χ0n) is 10.9. The number of benzene rings is 1. The monoisotopic (exact) mass is 302 g/mol. The Morgan fingerprint density at radius 3 is 2.76 bits per heavy atom. The Morgan fingerprint density at radius 2 is 2.05 bits per heavy atom. The molecule has 2 aromatic rings. The zero-order valence-corrected chi connectivity index (χ0v) is 11.7. The third-order valence-corrected chi connectivity index (χ3v) is 3.64. The Hall–Kier alpha value is -2.40. The Morgan fingerprint density at radius 1 is 1.24 bits per heavy atom. The van der Waals surface area contributed by atoms with Gasteiger partial charge in [0.1, 0.15) is 5.69 Å². The number of anilines is 1. The lowest BCUT2D eigenvalue weighted by atomic mass is 10.1. The van der Waals surface area contributed by atoms with Crippen molar-refractivity contribution in [2.75, 3.05) is 11.4 Å². The first-order valence-corrected chi connectivity index (χ1v) is 6.73. The molecule has 0 bridgehead atoms. The molecule has 0 radical (unpaired) electrons. The van der Waals surface area contributed by atoms with E-state index in [0.29, 0.717) is 18.0 Å². The molecule has 3 rings (SSSR count). The van der Waals surface area contributed by atoms with Gasteiger partial charge in [-0.25, -0.2) is 4.79 Å². The number of carbonyl (C=O) groups excluding carboxylic acids is 1. The quantitative estimate of drug-likeness (QED) is 0.926. The Labute approximate surface area is 125 Å². The summed E-state index contributed by atoms with van der Waals surface area (Å²) in [5.41, 5.74) is 2.08. The molecule has 0 spiro atoms. The summed E-state index contributed by atoms with van der Waals surface area (Å²) in [6, 6.07) is 7.89. The molecule has 0 unspecified atom stereocenters. The number of carbonyl (C=O) groups is 2. The molecule has 1 aliphatic heterocycles. The number of carboxylic acid groups (broad SMARTS) is 1. The number of amides is 1. The van der Waals surface area contributed by atoms with Gasteiger partial charge in [0.05, 0.1) is 5.56 Å². The molecule has 1 aromatic heterocycles. The topological polar surface area (TPSA) is 70.5 Å². The van der Waals surface area contributed by atoms with Crippen molar-refractivity contribution >= 4 is 29.2 Å². The SMILES string of the molecule is O=C(O)c1ccc2c(c1)CCN2C(=O)c1cc(Cl)ccn1. The Kier molecular flexibility index (Phi) is 3.35. The molecule has 2 heterocycles. The summed E-state index contributed by atoms with van der Waals surface area (Å²) in [6.45, 7) is 0.505. The highest BCUT2D eigenvalue weighted by Crippen LogP contribution is 2.30. The van der Waals surface area contributed by atoms with Crippen molar-refractivity contribution in [1.82, 2.24) is 4.98 Å². The van der Waals surface area contributed by atoms with Gasteiger partial charge < -0.3 is 10.0 Å². The van der Waals surface area contributed by atoms with Crippen LogP contribution >= 0.6 is 11.6 Å². The normalized spacial score (nSPS) is 13.1. The second-order valence-electron chi connectivity index (χ2n) is 4.71. The minimum Gasteiger partial charge on any atom is -0.478 e. The van der Waals surface area contributed by atoms with Crippen LogP contribution in [0.5, 0.6) is 0 Å². The van der Waals surface area contributed by atoms with Crippen molar-refractivity contribution in [2.24, 2.45) is 0 Å². The van der Waals surface area contributed by atoms with Crippen LogP contribution in [0.2, 0.25) is 5.02 Å². The number of pyridine rings is 1. The highest BCUT2D eigenvalue weighted by atomic mass is 35.5. The highest BCUT2D eigenvalue weighted by Gasteiger charge is 2.27. The number of hydrogen-bond donors (Lipinski definition) is 1. The first-order chi connectivity index (χ1) is 10.1. The summed E-state index contributed by atoms with van der Waals surface area (Å²) < 4.78 is 0. The molecule has 106 valence electrons. The third kappa shape index (κ3) is 2.48. The molecule has 1 amide bonds. The molecule has 0 saturated heterocycles. The van der Waals surface area contributed by atoms with E-state index >= 15 is 0 Å². The molecule has 21 heavy (non-hydrogen) atoms. The van der Waals surface area contributed by atoms with Gasteiger partial charge in [-0.05, 0) is 42.3 Å². The van der Waals surface area contributed by atoms with Gasteiger partial charge in [0, 0.05) is 23.5 Å². The second kappa shape index (κ2) is 5.18. The van der Waals surface area contributed by atoms with Crippen LogP contribution in [-0.2, 0) is 6.42 Å². The lowest BCUT2D eigenvalue weighted by molar-refractivity contribution is 0.0696. The first kappa shape index (κ1) is 13.6. The van der Waals surface area contributed by atoms with Crippen molar-refractivity contribution in [1.29, 1.82) is 0 Å². The van der Waals surface area contributed by atoms with Crippen molar-refractivity contribution in [3.63, 3.8) is 0 Å². The molecular formula is C15H11ClN2O3. The Balaban J connectivity index is 1.94. The van der Waals surface area contributed by atoms with Gasteiger partial charge in [0.2, 0.25) is 0 Å². The maximum Gasteiger partial charge on any atom is 0.335 e. The molecule has 0 fully saturated rings. The molecule has 0 saturated carbocycles. The number of halogens is 1. The number of nitrogens with zero attached hydrogens (tertiary/aromatic N) is 2. The number of carboxylic acids is 1. The summed E-state index contributed by atoms with van der Waals surface area (Å²) in [4.78, 5) is 29.1. The van der Waals surface area contributed by atoms with Crippen LogP contribution in [0.1, 0.15) is 26.4 Å². The molecule has 1 aromatic carbocycles. The maximum absolute atomic E-state index is 12.5. The van der Waals surface area contributed by atoms with Crippen molar-refractivity contribution in [2.45, 2.75) is 6.42 Å². The van der Waals surface area contributed by atoms with E-state index in [2.05, 4.69) is 4.98 Å². The smallest absolute Gasteiger partial charge is 0.335 e. The maximum atomic E-state index is 12.5. The predicted molar refractivity (Wildman–Crippen MR) is 78.0 cm³/mol. The molecule has 0 aliphatic carbocycles. The minimum absolute atomic E-state index is 0.226. The third-order valence-electron chi connectivity index (χ3n) is 3.41. The van der Waals surface area contributed by atoms with Gasteiger partial charge in [0.15, 0.2) is 0 Å². The summed E-state index contributed by atoms with van der Waals surface area (Å²) in [5.74, 6) is -1.21. The van der Waals surface area contributed by atoms with Crippen LogP contribution in [0, 0.1) is 0 Å². The minimum atomic E-state index is -0.973. The van der Waals surface area contributed by atoms with E-state index in [1.165, 1.54) is 18.3 Å². The van der Waals surface area contributed by atoms with Crippen LogP contribution in [-0.4, -0.2) is 28.5 Å². The van der Waals surface area contributed by atoms with Crippen LogP contribution < -0.4 is 4.90 Å². The van der Waals surface area contributed by atoms with Crippen LogP contribution in [0.4, 0.5) is 5.69 Å². The van der Waals surface area contributed by atoms with Gasteiger partial charge in [-0.1, -0.05) is 11.6 Å². The van der Waals surface area contributed by atoms with Crippen molar-refractivity contribution in [3.05, 3.63) is 58.4 Å². The standard InChI is InChI=1S/C15H11ClN2O3/c16-11-3-5-17-12(8-11)14(19)18-6-4-9-7-10(15(20)21)1-2-13(9)18/h1-3,5,7-8H,4,6H2,(H,20,21). The second-order valence-corrected chi connectivity index (χ2v) is 5.15. The van der Waals surface area contributed by atoms with Crippen molar-refractivity contribution < 1.29 is 14.7 Å².